The molecule has 0 atom stereocenters. The highest BCUT2D eigenvalue weighted by Gasteiger charge is 2.23. The van der Waals surface area contributed by atoms with E-state index in [2.05, 4.69) is 15.5 Å². The Kier molecular flexibility index (Phi) is 6.66. The van der Waals surface area contributed by atoms with E-state index in [1.54, 1.807) is 7.11 Å². The van der Waals surface area contributed by atoms with Crippen molar-refractivity contribution in [2.75, 3.05) is 32.1 Å². The zero-order valence-corrected chi connectivity index (χ0v) is 16.4. The van der Waals surface area contributed by atoms with Gasteiger partial charge in [-0.05, 0) is 55.7 Å². The maximum atomic E-state index is 12.4. The van der Waals surface area contributed by atoms with Gasteiger partial charge in [-0.2, -0.15) is 0 Å². The lowest BCUT2D eigenvalue weighted by Gasteiger charge is -2.32. The quantitative estimate of drug-likeness (QED) is 0.807. The van der Waals surface area contributed by atoms with Gasteiger partial charge in [-0.1, -0.05) is 18.2 Å². The van der Waals surface area contributed by atoms with Gasteiger partial charge in [-0.3, -0.25) is 14.5 Å². The van der Waals surface area contributed by atoms with Crippen LogP contribution in [0.15, 0.2) is 48.5 Å². The summed E-state index contributed by atoms with van der Waals surface area (Å²) < 4.78 is 5.12. The second-order valence-electron chi connectivity index (χ2n) is 7.12. The molecule has 0 unspecified atom stereocenters. The molecule has 1 heterocycles. The molecule has 2 N–H and O–H groups in total. The number of ether oxygens (including phenoxy) is 1. The van der Waals surface area contributed by atoms with Gasteiger partial charge in [-0.15, -0.1) is 0 Å². The van der Waals surface area contributed by atoms with E-state index in [4.69, 9.17) is 4.74 Å². The second-order valence-corrected chi connectivity index (χ2v) is 7.12. The lowest BCUT2D eigenvalue weighted by atomic mass is 10.0. The first-order valence-corrected chi connectivity index (χ1v) is 9.58. The summed E-state index contributed by atoms with van der Waals surface area (Å²) in [5.74, 6) is 0.703. The Bertz CT molecular complexity index is 812. The fraction of sp³-hybridized carbons (Fsp3) is 0.364. The van der Waals surface area contributed by atoms with Crippen LogP contribution in [0.25, 0.3) is 0 Å². The minimum Gasteiger partial charge on any atom is -0.497 e. The molecule has 1 saturated heterocycles. The van der Waals surface area contributed by atoms with Crippen molar-refractivity contribution in [2.45, 2.75) is 25.8 Å². The molecule has 3 rings (SSSR count). The SMILES string of the molecule is COc1ccc(NC(=O)CN2CCC(NC(=O)c3ccccc3C)CC2)cc1. The first-order chi connectivity index (χ1) is 13.5. The number of likely N-dealkylation sites (tertiary alicyclic amines) is 1. The van der Waals surface area contributed by atoms with Gasteiger partial charge in [0.2, 0.25) is 5.91 Å². The number of nitrogens with one attached hydrogen (secondary N) is 2. The van der Waals surface area contributed by atoms with Crippen LogP contribution < -0.4 is 15.4 Å². The fourth-order valence-corrected chi connectivity index (χ4v) is 3.40. The molecular formula is C22H27N3O3. The number of nitrogens with zero attached hydrogens (tertiary/aromatic N) is 1. The molecule has 6 nitrogen and oxygen atoms in total. The lowest BCUT2D eigenvalue weighted by Crippen LogP contribution is -2.46. The molecule has 0 aromatic heterocycles. The Morgan fingerprint density at radius 2 is 1.75 bits per heavy atom. The number of hydrogen-bond donors (Lipinski definition) is 2. The molecule has 0 saturated carbocycles. The summed E-state index contributed by atoms with van der Waals surface area (Å²) >= 11 is 0. The lowest BCUT2D eigenvalue weighted by molar-refractivity contribution is -0.117. The number of methoxy groups -OCH3 is 1. The van der Waals surface area contributed by atoms with Crippen LogP contribution in [0.3, 0.4) is 0 Å². The first kappa shape index (κ1) is 19.9. The summed E-state index contributed by atoms with van der Waals surface area (Å²) in [5, 5.41) is 6.03. The van der Waals surface area contributed by atoms with Crippen molar-refractivity contribution in [1.82, 2.24) is 10.2 Å². The average molecular weight is 381 g/mol. The van der Waals surface area contributed by atoms with Gasteiger partial charge in [0.05, 0.1) is 13.7 Å². The van der Waals surface area contributed by atoms with Gasteiger partial charge < -0.3 is 15.4 Å². The minimum atomic E-state index is -0.0347. The number of piperidine rings is 1. The molecule has 148 valence electrons. The summed E-state index contributed by atoms with van der Waals surface area (Å²) in [6, 6.07) is 15.0. The molecule has 0 bridgehead atoms. The molecular weight excluding hydrogens is 354 g/mol. The van der Waals surface area contributed by atoms with Gasteiger partial charge in [-0.25, -0.2) is 0 Å². The van der Waals surface area contributed by atoms with Gasteiger partial charge in [0.25, 0.3) is 5.91 Å². The van der Waals surface area contributed by atoms with Crippen molar-refractivity contribution in [3.63, 3.8) is 0 Å². The van der Waals surface area contributed by atoms with Gasteiger partial charge in [0.1, 0.15) is 5.75 Å². The van der Waals surface area contributed by atoms with E-state index in [-0.39, 0.29) is 17.9 Å². The molecule has 6 heteroatoms. The van der Waals surface area contributed by atoms with Crippen molar-refractivity contribution in [3.8, 4) is 5.75 Å². The molecule has 2 aromatic rings. The van der Waals surface area contributed by atoms with Crippen LogP contribution in [0.1, 0.15) is 28.8 Å². The zero-order chi connectivity index (χ0) is 19.9. The monoisotopic (exact) mass is 381 g/mol. The number of carbonyl (C=O) groups excluding carboxylic acids is 2. The Morgan fingerprint density at radius 1 is 1.07 bits per heavy atom. The standard InChI is InChI=1S/C22H27N3O3/c1-16-5-3-4-6-20(16)22(27)24-18-11-13-25(14-12-18)15-21(26)23-17-7-9-19(28-2)10-8-17/h3-10,18H,11-15H2,1-2H3,(H,23,26)(H,24,27). The maximum absolute atomic E-state index is 12.4. The van der Waals surface area contributed by atoms with Crippen molar-refractivity contribution in [1.29, 1.82) is 0 Å². The number of aryl methyl sites for hydroxylation is 1. The molecule has 2 amide bonds. The Hall–Kier alpha value is -2.86. The topological polar surface area (TPSA) is 70.7 Å². The maximum Gasteiger partial charge on any atom is 0.251 e. The van der Waals surface area contributed by atoms with Crippen LogP contribution in [-0.2, 0) is 4.79 Å². The largest absolute Gasteiger partial charge is 0.497 e. The van der Waals surface area contributed by atoms with Crippen molar-refractivity contribution < 1.29 is 14.3 Å². The van der Waals surface area contributed by atoms with Crippen molar-refractivity contribution in [2.24, 2.45) is 0 Å². The van der Waals surface area contributed by atoms with Gasteiger partial charge in [0.15, 0.2) is 0 Å². The fourth-order valence-electron chi connectivity index (χ4n) is 3.40. The Labute approximate surface area is 165 Å². The molecule has 28 heavy (non-hydrogen) atoms. The van der Waals surface area contributed by atoms with E-state index >= 15 is 0 Å². The molecule has 0 spiro atoms. The van der Waals surface area contributed by atoms with Crippen molar-refractivity contribution >= 4 is 17.5 Å². The smallest absolute Gasteiger partial charge is 0.251 e. The van der Waals surface area contributed by atoms with Gasteiger partial charge in [0, 0.05) is 30.4 Å². The predicted octanol–water partition coefficient (Wildman–Crippen LogP) is 2.84. The van der Waals surface area contributed by atoms with Crippen LogP contribution >= 0.6 is 0 Å². The van der Waals surface area contributed by atoms with Crippen LogP contribution in [0, 0.1) is 6.92 Å². The molecule has 1 aliphatic rings. The predicted molar refractivity (Wildman–Crippen MR) is 110 cm³/mol. The third-order valence-electron chi connectivity index (χ3n) is 5.05. The first-order valence-electron chi connectivity index (χ1n) is 9.58. The Balaban J connectivity index is 1.42. The highest BCUT2D eigenvalue weighted by molar-refractivity contribution is 5.95. The molecule has 1 fully saturated rings. The number of benzene rings is 2. The summed E-state index contributed by atoms with van der Waals surface area (Å²) in [6.07, 6.45) is 1.68. The summed E-state index contributed by atoms with van der Waals surface area (Å²) in [4.78, 5) is 26.8. The number of rotatable bonds is 6. The molecule has 1 aliphatic heterocycles. The highest BCUT2D eigenvalue weighted by Crippen LogP contribution is 2.16. The number of amides is 2. The highest BCUT2D eigenvalue weighted by atomic mass is 16.5. The van der Waals surface area contributed by atoms with Crippen LogP contribution in [0.2, 0.25) is 0 Å². The minimum absolute atomic E-state index is 0.0196. The second kappa shape index (κ2) is 9.37. The van der Waals surface area contributed by atoms with Crippen molar-refractivity contribution in [3.05, 3.63) is 59.7 Å². The normalized spacial score (nSPS) is 15.1. The van der Waals surface area contributed by atoms with Crippen LogP contribution in [-0.4, -0.2) is 49.5 Å². The third-order valence-corrected chi connectivity index (χ3v) is 5.05. The number of carbonyl (C=O) groups is 2. The van der Waals surface area contributed by atoms with Crippen LogP contribution in [0.4, 0.5) is 5.69 Å². The molecule has 0 aliphatic carbocycles. The van der Waals surface area contributed by atoms with E-state index in [1.165, 1.54) is 0 Å². The van der Waals surface area contributed by atoms with Crippen LogP contribution in [0.5, 0.6) is 5.75 Å². The van der Waals surface area contributed by atoms with E-state index in [9.17, 15) is 9.59 Å². The van der Waals surface area contributed by atoms with Gasteiger partial charge >= 0.3 is 0 Å². The van der Waals surface area contributed by atoms with E-state index < -0.39 is 0 Å². The zero-order valence-electron chi connectivity index (χ0n) is 16.4. The third kappa shape index (κ3) is 5.33. The van der Waals surface area contributed by atoms with E-state index in [1.807, 2.05) is 55.5 Å². The summed E-state index contributed by atoms with van der Waals surface area (Å²) in [5.41, 5.74) is 2.46. The molecule has 2 aromatic carbocycles. The summed E-state index contributed by atoms with van der Waals surface area (Å²) in [7, 11) is 1.61. The molecule has 0 radical (unpaired) electrons. The number of hydrogen-bond acceptors (Lipinski definition) is 4. The number of anilines is 1. The summed E-state index contributed by atoms with van der Waals surface area (Å²) in [6.45, 7) is 3.87. The Morgan fingerprint density at radius 3 is 2.39 bits per heavy atom. The van der Waals surface area contributed by atoms with E-state index in [0.29, 0.717) is 6.54 Å². The average Bonchev–Trinajstić information content (AvgIpc) is 2.70. The van der Waals surface area contributed by atoms with E-state index in [0.717, 1.165) is 48.5 Å².